The third kappa shape index (κ3) is 7.94. The average molecular weight is 503 g/mol. The van der Waals surface area contributed by atoms with E-state index in [0.717, 1.165) is 13.1 Å². The van der Waals surface area contributed by atoms with Crippen molar-refractivity contribution in [1.82, 2.24) is 4.90 Å². The summed E-state index contributed by atoms with van der Waals surface area (Å²) in [7, 11) is 0. The Morgan fingerprint density at radius 2 is 1.50 bits per heavy atom. The van der Waals surface area contributed by atoms with Crippen LogP contribution in [0.25, 0.3) is 0 Å². The van der Waals surface area contributed by atoms with Crippen molar-refractivity contribution in [2.24, 2.45) is 17.3 Å². The number of fused-ring (bicyclic) bond motifs is 1. The minimum Gasteiger partial charge on any atom is -0.341 e. The third-order valence-electron chi connectivity index (χ3n) is 6.88. The Labute approximate surface area is 218 Å². The molecule has 0 unspecified atom stereocenters. The van der Waals surface area contributed by atoms with Gasteiger partial charge in [-0.1, -0.05) is 49.4 Å². The van der Waals surface area contributed by atoms with Crippen molar-refractivity contribution in [2.45, 2.75) is 39.3 Å². The summed E-state index contributed by atoms with van der Waals surface area (Å²) in [5.41, 5.74) is 3.01. The number of allylic oxidation sites excluding steroid dienone is 1. The van der Waals surface area contributed by atoms with Crippen LogP contribution in [-0.4, -0.2) is 17.5 Å². The third-order valence-corrected chi connectivity index (χ3v) is 6.88. The molecule has 3 aliphatic carbocycles. The molecule has 3 saturated carbocycles. The molecule has 1 saturated heterocycles. The number of rotatable bonds is 3. The first-order valence-corrected chi connectivity index (χ1v) is 11.4. The van der Waals surface area contributed by atoms with Gasteiger partial charge in [0.25, 0.3) is 0 Å². The molecule has 0 bridgehead atoms. The maximum absolute atomic E-state index is 4.46. The summed E-state index contributed by atoms with van der Waals surface area (Å²) in [6, 6.07) is 11.4. The fourth-order valence-electron chi connectivity index (χ4n) is 4.78. The first kappa shape index (κ1) is 28.0. The van der Waals surface area contributed by atoms with Gasteiger partial charge in [0.2, 0.25) is 0 Å². The Balaban J connectivity index is 0.000000271. The molecule has 0 N–H and O–H groups in total. The van der Waals surface area contributed by atoms with Crippen molar-refractivity contribution >= 4 is 0 Å². The van der Waals surface area contributed by atoms with E-state index in [0.29, 0.717) is 17.9 Å². The van der Waals surface area contributed by atoms with Crippen LogP contribution in [0.4, 0.5) is 0 Å². The number of nitrogens with zero attached hydrogens (tertiary/aromatic N) is 1. The average Bonchev–Trinajstić information content (AvgIpc) is 3.55. The Morgan fingerprint density at radius 1 is 1.00 bits per heavy atom. The fourth-order valence-corrected chi connectivity index (χ4v) is 4.78. The van der Waals surface area contributed by atoms with Gasteiger partial charge in [-0.25, -0.2) is 0 Å². The van der Waals surface area contributed by atoms with Crippen LogP contribution in [0.5, 0.6) is 0 Å². The van der Waals surface area contributed by atoms with E-state index >= 15 is 0 Å². The molecule has 10 radical (unpaired) electrons. The molecule has 4 atom stereocenters. The summed E-state index contributed by atoms with van der Waals surface area (Å²) in [5.74, 6) is 1.14. The van der Waals surface area contributed by atoms with E-state index < -0.39 is 0 Å². The standard InChI is InChI=1S/C20H27N.2C5H5.Zr/c1-15(2)18-10-11-20(4)16(3)13-21(19(20)12-18)14-17-8-6-5-7-9-17;2*1-2-4-5-3-1;/h5-9,11,16,18-19H,1,3,10,12-14H2,2,4H3;2*1-5H;/q-2;;;+2/t16-,18+,19-,20-;;;/m1.../s1. The zero-order valence-corrected chi connectivity index (χ0v) is 22.1. The van der Waals surface area contributed by atoms with Gasteiger partial charge in [-0.3, -0.25) is 0 Å². The Hall–Kier alpha value is -0.197. The van der Waals surface area contributed by atoms with Crippen LogP contribution in [0.1, 0.15) is 32.3 Å². The molecule has 5 rings (SSSR count). The second-order valence-electron chi connectivity index (χ2n) is 9.14. The molecule has 4 fully saturated rings. The second-order valence-corrected chi connectivity index (χ2v) is 9.14. The summed E-state index contributed by atoms with van der Waals surface area (Å²) < 4.78 is 0. The van der Waals surface area contributed by atoms with Gasteiger partial charge in [0.1, 0.15) is 0 Å². The Morgan fingerprint density at radius 3 is 1.97 bits per heavy atom. The summed E-state index contributed by atoms with van der Waals surface area (Å²) in [5, 5.41) is 0. The van der Waals surface area contributed by atoms with Crippen LogP contribution >= 0.6 is 0 Å². The van der Waals surface area contributed by atoms with E-state index in [2.05, 4.69) is 69.0 Å². The summed E-state index contributed by atoms with van der Waals surface area (Å²) in [6.45, 7) is 15.4. The predicted molar refractivity (Wildman–Crippen MR) is 132 cm³/mol. The van der Waals surface area contributed by atoms with Crippen LogP contribution in [0, 0.1) is 94.8 Å². The van der Waals surface area contributed by atoms with Gasteiger partial charge in [0.15, 0.2) is 0 Å². The minimum absolute atomic E-state index is 0. The molecule has 0 amide bonds. The summed E-state index contributed by atoms with van der Waals surface area (Å²) >= 11 is 0. The van der Waals surface area contributed by atoms with Crippen LogP contribution in [0.3, 0.4) is 0 Å². The summed E-state index contributed by atoms with van der Waals surface area (Å²) in [6.07, 6.45) is 25.0. The van der Waals surface area contributed by atoms with Crippen LogP contribution in [0.15, 0.2) is 42.5 Å². The van der Waals surface area contributed by atoms with Gasteiger partial charge < -0.3 is 18.2 Å². The number of likely N-dealkylation sites (tertiary alicyclic amines) is 1. The fraction of sp³-hybridized carbons (Fsp3) is 0.333. The molecule has 4 aliphatic rings. The molecule has 1 nitrogen and oxygen atoms in total. The minimum atomic E-state index is 0. The maximum Gasteiger partial charge on any atom is 2.00 e. The largest absolute Gasteiger partial charge is 2.00 e. The number of hydrogen-bond donors (Lipinski definition) is 0. The van der Waals surface area contributed by atoms with Crippen molar-refractivity contribution in [3.63, 3.8) is 0 Å². The van der Waals surface area contributed by atoms with Gasteiger partial charge >= 0.3 is 26.2 Å². The first-order valence-electron chi connectivity index (χ1n) is 11.4. The van der Waals surface area contributed by atoms with E-state index in [-0.39, 0.29) is 31.6 Å². The van der Waals surface area contributed by atoms with E-state index in [1.807, 2.05) is 64.2 Å². The zero-order chi connectivity index (χ0) is 22.1. The van der Waals surface area contributed by atoms with Crippen LogP contribution < -0.4 is 0 Å². The quantitative estimate of drug-likeness (QED) is 0.334. The molecule has 0 aromatic heterocycles. The van der Waals surface area contributed by atoms with E-state index in [1.165, 1.54) is 24.0 Å². The van der Waals surface area contributed by atoms with Gasteiger partial charge in [0, 0.05) is 6.54 Å². The van der Waals surface area contributed by atoms with E-state index in [9.17, 15) is 0 Å². The molecular weight excluding hydrogens is 466 g/mol. The van der Waals surface area contributed by atoms with Crippen LogP contribution in [0.2, 0.25) is 0 Å². The number of benzene rings is 1. The number of hydrogen-bond acceptors (Lipinski definition) is 1. The zero-order valence-electron chi connectivity index (χ0n) is 19.7. The van der Waals surface area contributed by atoms with Crippen molar-refractivity contribution in [3.8, 4) is 0 Å². The van der Waals surface area contributed by atoms with E-state index in [4.69, 9.17) is 0 Å². The molecular formula is C30H37NZr. The van der Waals surface area contributed by atoms with Crippen molar-refractivity contribution < 1.29 is 26.2 Å². The molecule has 1 heterocycles. The smallest absolute Gasteiger partial charge is 0.341 e. The molecule has 1 aliphatic heterocycles. The van der Waals surface area contributed by atoms with Crippen molar-refractivity contribution in [3.05, 3.63) is 126 Å². The maximum atomic E-state index is 4.46. The van der Waals surface area contributed by atoms with Crippen molar-refractivity contribution in [1.29, 1.82) is 0 Å². The molecule has 0 spiro atoms. The van der Waals surface area contributed by atoms with Crippen LogP contribution in [-0.2, 0) is 32.7 Å². The van der Waals surface area contributed by atoms with Gasteiger partial charge in [-0.2, -0.15) is 17.8 Å². The summed E-state index contributed by atoms with van der Waals surface area (Å²) in [4.78, 5) is 2.65. The molecule has 32 heavy (non-hydrogen) atoms. The Bertz CT molecular complexity index is 623. The topological polar surface area (TPSA) is 3.24 Å². The molecule has 1 aromatic rings. The predicted octanol–water partition coefficient (Wildman–Crippen LogP) is 6.56. The van der Waals surface area contributed by atoms with Gasteiger partial charge in [0.05, 0.1) is 0 Å². The first-order chi connectivity index (χ1) is 15.0. The monoisotopic (exact) mass is 501 g/mol. The SMILES string of the molecule is C=C(C)[C@H]1C[CH-][C@]2(C)[C@H]([CH2-])CN(Cc3ccccc3)[C@@H]2C1.[CH]1[CH][CH][CH][CH]1.[CH]1[CH][CH][CH][CH]1.[Zr+2]. The van der Waals surface area contributed by atoms with Crippen molar-refractivity contribution in [2.75, 3.05) is 6.54 Å². The Kier molecular flexibility index (Phi) is 12.5. The normalized spacial score (nSPS) is 31.4. The second kappa shape index (κ2) is 14.3. The van der Waals surface area contributed by atoms with Gasteiger partial charge in [-0.05, 0) is 102 Å². The molecule has 1 aromatic carbocycles. The molecule has 166 valence electrons. The van der Waals surface area contributed by atoms with E-state index in [1.54, 1.807) is 0 Å². The van der Waals surface area contributed by atoms with Gasteiger partial charge in [-0.15, -0.1) is 0 Å². The molecule has 2 heteroatoms.